The Morgan fingerprint density at radius 1 is 1.27 bits per heavy atom. The lowest BCUT2D eigenvalue weighted by Gasteiger charge is -2.21. The summed E-state index contributed by atoms with van der Waals surface area (Å²) in [5.74, 6) is -0.273. The number of aromatic nitrogens is 3. The molecule has 0 radical (unpaired) electrons. The van der Waals surface area contributed by atoms with Crippen LogP contribution in [0, 0.1) is 0 Å². The Morgan fingerprint density at radius 2 is 2.12 bits per heavy atom. The van der Waals surface area contributed by atoms with Crippen molar-refractivity contribution >= 4 is 28.8 Å². The molecule has 0 spiro atoms. The van der Waals surface area contributed by atoms with E-state index < -0.39 is 5.60 Å². The van der Waals surface area contributed by atoms with Crippen molar-refractivity contribution in [2.24, 2.45) is 0 Å². The van der Waals surface area contributed by atoms with Gasteiger partial charge in [0.25, 0.3) is 5.91 Å². The molecule has 6 nitrogen and oxygen atoms in total. The second-order valence-electron chi connectivity index (χ2n) is 6.17. The van der Waals surface area contributed by atoms with E-state index in [1.165, 1.54) is 11.3 Å². The molecule has 1 saturated heterocycles. The van der Waals surface area contributed by atoms with Gasteiger partial charge in [-0.15, -0.1) is 11.3 Å². The van der Waals surface area contributed by atoms with Crippen LogP contribution in [0.15, 0.2) is 41.9 Å². The van der Waals surface area contributed by atoms with Crippen LogP contribution in [0.3, 0.4) is 0 Å². The zero-order valence-electron chi connectivity index (χ0n) is 13.9. The maximum Gasteiger partial charge on any atom is 0.258 e. The Bertz CT molecular complexity index is 993. The number of carbonyl (C=O) groups excluding carboxylic acids is 1. The Labute approximate surface area is 159 Å². The van der Waals surface area contributed by atoms with Crippen LogP contribution in [0.4, 0.5) is 0 Å². The fourth-order valence-corrected chi connectivity index (χ4v) is 3.99. The first-order valence-electron chi connectivity index (χ1n) is 8.01. The van der Waals surface area contributed by atoms with Gasteiger partial charge in [-0.3, -0.25) is 4.79 Å². The van der Waals surface area contributed by atoms with Crippen LogP contribution in [0.1, 0.15) is 12.0 Å². The number of benzene rings is 1. The number of thiazole rings is 1. The fourth-order valence-electron chi connectivity index (χ4n) is 3.03. The first-order valence-corrected chi connectivity index (χ1v) is 9.26. The highest BCUT2D eigenvalue weighted by atomic mass is 35.5. The molecule has 1 N–H and O–H groups in total. The molecule has 1 amide bonds. The van der Waals surface area contributed by atoms with Crippen molar-refractivity contribution in [2.45, 2.75) is 12.0 Å². The second-order valence-corrected chi connectivity index (χ2v) is 7.36. The van der Waals surface area contributed by atoms with Gasteiger partial charge in [-0.25, -0.2) is 15.0 Å². The molecule has 3 aromatic rings. The van der Waals surface area contributed by atoms with Crippen LogP contribution in [0.5, 0.6) is 0 Å². The van der Waals surface area contributed by atoms with Gasteiger partial charge in [-0.1, -0.05) is 18.2 Å². The summed E-state index contributed by atoms with van der Waals surface area (Å²) in [5, 5.41) is 13.7. The summed E-state index contributed by atoms with van der Waals surface area (Å²) in [5.41, 5.74) is 1.32. The van der Waals surface area contributed by atoms with Gasteiger partial charge in [0, 0.05) is 37.2 Å². The summed E-state index contributed by atoms with van der Waals surface area (Å²) in [6, 6.07) is 9.09. The highest BCUT2D eigenvalue weighted by Gasteiger charge is 2.45. The zero-order chi connectivity index (χ0) is 18.3. The topological polar surface area (TPSA) is 79.2 Å². The summed E-state index contributed by atoms with van der Waals surface area (Å²) in [4.78, 5) is 26.5. The van der Waals surface area contributed by atoms with Crippen molar-refractivity contribution < 1.29 is 9.90 Å². The summed E-state index contributed by atoms with van der Waals surface area (Å²) in [6.07, 6.45) is 1.97. The van der Waals surface area contributed by atoms with Gasteiger partial charge >= 0.3 is 0 Å². The van der Waals surface area contributed by atoms with Crippen molar-refractivity contribution in [3.63, 3.8) is 0 Å². The smallest absolute Gasteiger partial charge is 0.258 e. The largest absolute Gasteiger partial charge is 0.375 e. The van der Waals surface area contributed by atoms with Crippen LogP contribution in [0.2, 0.25) is 5.28 Å². The molecule has 1 aromatic carbocycles. The fraction of sp³-hybridized carbons (Fsp3) is 0.222. The van der Waals surface area contributed by atoms with Crippen molar-refractivity contribution in [2.75, 3.05) is 13.6 Å². The zero-order valence-corrected chi connectivity index (χ0v) is 15.5. The molecule has 1 atom stereocenters. The molecule has 0 saturated carbocycles. The van der Waals surface area contributed by atoms with E-state index in [4.69, 9.17) is 11.6 Å². The quantitative estimate of drug-likeness (QED) is 0.700. The number of hydrogen-bond donors (Lipinski definition) is 1. The first kappa shape index (κ1) is 17.1. The summed E-state index contributed by atoms with van der Waals surface area (Å²) >= 11 is 7.31. The van der Waals surface area contributed by atoms with Gasteiger partial charge in [0.2, 0.25) is 5.28 Å². The number of likely N-dealkylation sites (tertiary alicyclic amines) is 1. The van der Waals surface area contributed by atoms with Gasteiger partial charge in [0.05, 0.1) is 5.69 Å². The minimum absolute atomic E-state index is 0.171. The molecule has 1 fully saturated rings. The van der Waals surface area contributed by atoms with Gasteiger partial charge in [-0.05, 0) is 29.3 Å². The van der Waals surface area contributed by atoms with Crippen molar-refractivity contribution in [3.8, 4) is 22.0 Å². The highest BCUT2D eigenvalue weighted by Crippen LogP contribution is 2.35. The minimum Gasteiger partial charge on any atom is -0.375 e. The third-order valence-electron chi connectivity index (χ3n) is 4.49. The van der Waals surface area contributed by atoms with Crippen LogP contribution >= 0.6 is 22.9 Å². The van der Waals surface area contributed by atoms with E-state index in [1.807, 2.05) is 23.6 Å². The second kappa shape index (κ2) is 6.42. The molecule has 1 aliphatic heterocycles. The van der Waals surface area contributed by atoms with Gasteiger partial charge in [0.15, 0.2) is 5.60 Å². The summed E-state index contributed by atoms with van der Waals surface area (Å²) in [6.45, 7) is 0.537. The Kier molecular flexibility index (Phi) is 4.22. The van der Waals surface area contributed by atoms with E-state index in [0.717, 1.165) is 10.6 Å². The maximum atomic E-state index is 12.3. The Morgan fingerprint density at radius 3 is 2.85 bits per heavy atom. The van der Waals surface area contributed by atoms with Gasteiger partial charge < -0.3 is 10.0 Å². The molecule has 3 heterocycles. The summed E-state index contributed by atoms with van der Waals surface area (Å²) in [7, 11) is 1.70. The molecular weight excluding hydrogens is 372 g/mol. The monoisotopic (exact) mass is 386 g/mol. The number of nitrogens with zero attached hydrogens (tertiary/aromatic N) is 4. The number of rotatable bonds is 3. The molecule has 0 bridgehead atoms. The first-order chi connectivity index (χ1) is 12.5. The van der Waals surface area contributed by atoms with Crippen molar-refractivity contribution in [1.29, 1.82) is 0 Å². The SMILES string of the molecule is CN1CCC(O)(c2cccc(-c3nc(-c4ccnc(Cl)n4)cs3)c2)C1=O. The Hall–Kier alpha value is -2.35. The average Bonchev–Trinajstić information content (AvgIpc) is 3.24. The standard InChI is InChI=1S/C18H15ClN4O2S/c1-23-8-6-18(25,16(23)24)12-4-2-3-11(9-12)15-21-14(10-26-15)13-5-7-20-17(19)22-13/h2-5,7,9-10,25H,6,8H2,1H3. The number of aliphatic hydroxyl groups is 1. The van der Waals surface area contributed by atoms with E-state index in [9.17, 15) is 9.90 Å². The average molecular weight is 387 g/mol. The highest BCUT2D eigenvalue weighted by molar-refractivity contribution is 7.13. The third-order valence-corrected chi connectivity index (χ3v) is 5.56. The number of halogens is 1. The van der Waals surface area contributed by atoms with E-state index in [0.29, 0.717) is 29.9 Å². The predicted octanol–water partition coefficient (Wildman–Crippen LogP) is 2.97. The van der Waals surface area contributed by atoms with E-state index in [-0.39, 0.29) is 11.2 Å². The third kappa shape index (κ3) is 2.88. The Balaban J connectivity index is 1.69. The van der Waals surface area contributed by atoms with Crippen LogP contribution in [0.25, 0.3) is 22.0 Å². The van der Waals surface area contributed by atoms with E-state index in [2.05, 4.69) is 15.0 Å². The normalized spacial score (nSPS) is 20.0. The molecule has 4 rings (SSSR count). The lowest BCUT2D eigenvalue weighted by Crippen LogP contribution is -2.36. The van der Waals surface area contributed by atoms with E-state index >= 15 is 0 Å². The molecule has 8 heteroatoms. The predicted molar refractivity (Wildman–Crippen MR) is 99.7 cm³/mol. The lowest BCUT2D eigenvalue weighted by atomic mass is 9.91. The lowest BCUT2D eigenvalue weighted by molar-refractivity contribution is -0.143. The molecule has 1 aliphatic rings. The summed E-state index contributed by atoms with van der Waals surface area (Å²) < 4.78 is 0. The number of hydrogen-bond acceptors (Lipinski definition) is 6. The molecule has 26 heavy (non-hydrogen) atoms. The van der Waals surface area contributed by atoms with Crippen LogP contribution in [-0.4, -0.2) is 44.5 Å². The molecule has 132 valence electrons. The van der Waals surface area contributed by atoms with Crippen molar-refractivity contribution in [1.82, 2.24) is 19.9 Å². The minimum atomic E-state index is -1.47. The van der Waals surface area contributed by atoms with Gasteiger partial charge in [0.1, 0.15) is 10.7 Å². The number of amides is 1. The molecular formula is C18H15ClN4O2S. The van der Waals surface area contributed by atoms with Crippen LogP contribution < -0.4 is 0 Å². The molecule has 1 unspecified atom stereocenters. The maximum absolute atomic E-state index is 12.3. The van der Waals surface area contributed by atoms with Crippen LogP contribution in [-0.2, 0) is 10.4 Å². The number of carbonyl (C=O) groups is 1. The van der Waals surface area contributed by atoms with Crippen molar-refractivity contribution in [3.05, 3.63) is 52.8 Å². The molecule has 0 aliphatic carbocycles. The molecule has 2 aromatic heterocycles. The van der Waals surface area contributed by atoms with E-state index in [1.54, 1.807) is 30.3 Å². The number of likely N-dealkylation sites (N-methyl/N-ethyl adjacent to an activating group) is 1. The van der Waals surface area contributed by atoms with Gasteiger partial charge in [-0.2, -0.15) is 0 Å².